The number of fused-ring (bicyclic) bond motifs is 1. The number of carboxylic acid groups (broad SMARTS) is 1. The first-order valence-electron chi connectivity index (χ1n) is 7.20. The topological polar surface area (TPSA) is 108 Å². The molecule has 0 saturated heterocycles. The lowest BCUT2D eigenvalue weighted by Crippen LogP contribution is -2.36. The van der Waals surface area contributed by atoms with Crippen molar-refractivity contribution in [3.05, 3.63) is 18.2 Å². The van der Waals surface area contributed by atoms with Crippen LogP contribution >= 0.6 is 11.3 Å². The van der Waals surface area contributed by atoms with Gasteiger partial charge in [-0.1, -0.05) is 11.3 Å². The predicted octanol–water partition coefficient (Wildman–Crippen LogP) is 1.37. The number of thiazole rings is 1. The van der Waals surface area contributed by atoms with Crippen LogP contribution in [0.15, 0.2) is 18.2 Å². The lowest BCUT2D eigenvalue weighted by molar-refractivity contribution is -0.312. The largest absolute Gasteiger partial charge is 0.550 e. The van der Waals surface area contributed by atoms with Gasteiger partial charge in [0.05, 0.1) is 10.2 Å². The molecule has 3 rings (SSSR count). The van der Waals surface area contributed by atoms with E-state index in [9.17, 15) is 14.7 Å². The number of hydrogen-bond acceptors (Lipinski definition) is 6. The van der Waals surface area contributed by atoms with Crippen LogP contribution in [0.4, 0.5) is 10.8 Å². The van der Waals surface area contributed by atoms with Gasteiger partial charge in [0, 0.05) is 17.6 Å². The molecule has 1 saturated carbocycles. The number of aliphatic carboxylic acids is 1. The lowest BCUT2D eigenvalue weighted by Gasteiger charge is -2.28. The molecule has 1 aliphatic carbocycles. The molecule has 0 atom stereocenters. The zero-order chi connectivity index (χ0) is 15.7. The summed E-state index contributed by atoms with van der Waals surface area (Å²) >= 11 is 1.38. The standard InChI is InChI=1S/C15H17N3O3S/c16-15-18-11-6-5-10(7-12(11)22-15)17-13(19)8-1-3-9(4-2-8)14(20)21/h5-9H,1-4H2,(H2,16,18)(H,17,19)(H,20,21)/p-1. The summed E-state index contributed by atoms with van der Waals surface area (Å²) in [7, 11) is 0. The molecule has 0 bridgehead atoms. The van der Waals surface area contributed by atoms with E-state index in [0.29, 0.717) is 36.5 Å². The Bertz CT molecular complexity index is 720. The molecule has 3 N–H and O–H groups in total. The Balaban J connectivity index is 1.64. The number of rotatable bonds is 3. The number of benzene rings is 1. The van der Waals surface area contributed by atoms with Crippen molar-refractivity contribution in [2.45, 2.75) is 25.7 Å². The molecule has 1 fully saturated rings. The smallest absolute Gasteiger partial charge is 0.227 e. The SMILES string of the molecule is Nc1nc2ccc(NC(=O)C3CCC(C(=O)[O-])CC3)cc2s1. The second-order valence-electron chi connectivity index (χ2n) is 5.59. The number of carboxylic acids is 1. The van der Waals surface area contributed by atoms with Gasteiger partial charge in [-0.25, -0.2) is 4.98 Å². The molecule has 0 unspecified atom stereocenters. The minimum atomic E-state index is -1.01. The molecule has 6 nitrogen and oxygen atoms in total. The fourth-order valence-corrected chi connectivity index (χ4v) is 3.63. The molecule has 0 spiro atoms. The highest BCUT2D eigenvalue weighted by molar-refractivity contribution is 7.22. The van der Waals surface area contributed by atoms with E-state index in [2.05, 4.69) is 10.3 Å². The Hall–Kier alpha value is -2.15. The third-order valence-electron chi connectivity index (χ3n) is 4.10. The number of aromatic nitrogens is 1. The Morgan fingerprint density at radius 3 is 2.59 bits per heavy atom. The average molecular weight is 318 g/mol. The minimum Gasteiger partial charge on any atom is -0.550 e. The molecule has 1 aromatic heterocycles. The van der Waals surface area contributed by atoms with E-state index in [1.54, 1.807) is 6.07 Å². The number of nitrogen functional groups attached to an aromatic ring is 1. The molecular formula is C15H16N3O3S-. The van der Waals surface area contributed by atoms with Crippen molar-refractivity contribution in [2.75, 3.05) is 11.1 Å². The first-order chi connectivity index (χ1) is 10.5. The van der Waals surface area contributed by atoms with Gasteiger partial charge >= 0.3 is 0 Å². The molecule has 22 heavy (non-hydrogen) atoms. The van der Waals surface area contributed by atoms with Crippen LogP contribution in [-0.2, 0) is 9.59 Å². The Kier molecular flexibility index (Phi) is 3.98. The summed E-state index contributed by atoms with van der Waals surface area (Å²) in [5.41, 5.74) is 7.19. The fourth-order valence-electron chi connectivity index (χ4n) is 2.86. The second kappa shape index (κ2) is 5.92. The first kappa shape index (κ1) is 14.8. The van der Waals surface area contributed by atoms with Crippen LogP contribution in [0.1, 0.15) is 25.7 Å². The van der Waals surface area contributed by atoms with Crippen molar-refractivity contribution < 1.29 is 14.7 Å². The molecule has 1 aromatic carbocycles. The molecule has 0 aliphatic heterocycles. The number of nitrogens with one attached hydrogen (secondary N) is 1. The first-order valence-corrected chi connectivity index (χ1v) is 8.02. The molecule has 116 valence electrons. The number of anilines is 2. The van der Waals surface area contributed by atoms with Gasteiger partial charge in [-0.2, -0.15) is 0 Å². The number of nitrogens with zero attached hydrogens (tertiary/aromatic N) is 1. The summed E-state index contributed by atoms with van der Waals surface area (Å²) in [6, 6.07) is 5.48. The highest BCUT2D eigenvalue weighted by Crippen LogP contribution is 2.30. The van der Waals surface area contributed by atoms with Gasteiger partial charge in [-0.15, -0.1) is 0 Å². The zero-order valence-corrected chi connectivity index (χ0v) is 12.7. The molecular weight excluding hydrogens is 302 g/mol. The van der Waals surface area contributed by atoms with Crippen LogP contribution in [-0.4, -0.2) is 16.9 Å². The van der Waals surface area contributed by atoms with E-state index in [-0.39, 0.29) is 11.8 Å². The highest BCUT2D eigenvalue weighted by Gasteiger charge is 2.26. The number of nitrogens with two attached hydrogens (primary N) is 1. The third kappa shape index (κ3) is 3.04. The van der Waals surface area contributed by atoms with Gasteiger partial charge in [-0.05, 0) is 49.8 Å². The van der Waals surface area contributed by atoms with Gasteiger partial charge in [0.25, 0.3) is 0 Å². The fraction of sp³-hybridized carbons (Fsp3) is 0.400. The maximum absolute atomic E-state index is 12.3. The van der Waals surface area contributed by atoms with Gasteiger partial charge in [0.1, 0.15) is 0 Å². The maximum atomic E-state index is 12.3. The Morgan fingerprint density at radius 2 is 1.91 bits per heavy atom. The van der Waals surface area contributed by atoms with Crippen molar-refractivity contribution in [2.24, 2.45) is 11.8 Å². The summed E-state index contributed by atoms with van der Waals surface area (Å²) in [6.07, 6.45) is 2.18. The van der Waals surface area contributed by atoms with Gasteiger partial charge in [0.2, 0.25) is 5.91 Å². The van der Waals surface area contributed by atoms with Gasteiger partial charge in [0.15, 0.2) is 5.13 Å². The summed E-state index contributed by atoms with van der Waals surface area (Å²) in [5.74, 6) is -1.63. The molecule has 1 aliphatic rings. The van der Waals surface area contributed by atoms with Crippen molar-refractivity contribution in [1.82, 2.24) is 4.98 Å². The van der Waals surface area contributed by atoms with Crippen molar-refractivity contribution in [1.29, 1.82) is 0 Å². The molecule has 1 heterocycles. The number of amides is 1. The van der Waals surface area contributed by atoms with E-state index in [0.717, 1.165) is 10.2 Å². The minimum absolute atomic E-state index is 0.0614. The third-order valence-corrected chi connectivity index (χ3v) is 4.95. The maximum Gasteiger partial charge on any atom is 0.227 e. The number of carbonyl (C=O) groups excluding carboxylic acids is 2. The van der Waals surface area contributed by atoms with E-state index < -0.39 is 11.9 Å². The van der Waals surface area contributed by atoms with Crippen molar-refractivity contribution in [3.8, 4) is 0 Å². The van der Waals surface area contributed by atoms with E-state index in [4.69, 9.17) is 5.73 Å². The molecule has 2 aromatic rings. The average Bonchev–Trinajstić information content (AvgIpc) is 2.86. The van der Waals surface area contributed by atoms with E-state index in [1.165, 1.54) is 11.3 Å². The molecule has 7 heteroatoms. The Morgan fingerprint density at radius 1 is 1.23 bits per heavy atom. The number of hydrogen-bond donors (Lipinski definition) is 2. The highest BCUT2D eigenvalue weighted by atomic mass is 32.1. The summed E-state index contributed by atoms with van der Waals surface area (Å²) in [6.45, 7) is 0. The van der Waals surface area contributed by atoms with Crippen LogP contribution < -0.4 is 16.2 Å². The van der Waals surface area contributed by atoms with Gasteiger partial charge in [-0.3, -0.25) is 4.79 Å². The van der Waals surface area contributed by atoms with Crippen molar-refractivity contribution in [3.63, 3.8) is 0 Å². The van der Waals surface area contributed by atoms with E-state index in [1.807, 2.05) is 12.1 Å². The quantitative estimate of drug-likeness (QED) is 0.888. The monoisotopic (exact) mass is 318 g/mol. The number of carbonyl (C=O) groups is 2. The van der Waals surface area contributed by atoms with Crippen LogP contribution in [0.5, 0.6) is 0 Å². The molecule has 1 amide bonds. The summed E-state index contributed by atoms with van der Waals surface area (Å²) in [4.78, 5) is 27.3. The normalized spacial score (nSPS) is 21.6. The van der Waals surface area contributed by atoms with Crippen LogP contribution in [0.25, 0.3) is 10.2 Å². The summed E-state index contributed by atoms with van der Waals surface area (Å²) in [5, 5.41) is 14.2. The Labute approximate surface area is 131 Å². The van der Waals surface area contributed by atoms with Crippen LogP contribution in [0.2, 0.25) is 0 Å². The zero-order valence-electron chi connectivity index (χ0n) is 11.9. The second-order valence-corrected chi connectivity index (χ2v) is 6.65. The van der Waals surface area contributed by atoms with E-state index >= 15 is 0 Å². The molecule has 0 radical (unpaired) electrons. The van der Waals surface area contributed by atoms with Crippen LogP contribution in [0.3, 0.4) is 0 Å². The predicted molar refractivity (Wildman–Crippen MR) is 83.1 cm³/mol. The summed E-state index contributed by atoms with van der Waals surface area (Å²) < 4.78 is 0.927. The van der Waals surface area contributed by atoms with Crippen molar-refractivity contribution >= 4 is 44.2 Å². The lowest BCUT2D eigenvalue weighted by atomic mass is 9.81. The van der Waals surface area contributed by atoms with Crippen LogP contribution in [0, 0.1) is 11.8 Å². The van der Waals surface area contributed by atoms with Gasteiger partial charge < -0.3 is 21.0 Å².